The topological polar surface area (TPSA) is 127 Å². The molecule has 0 atom stereocenters. The van der Waals surface area contributed by atoms with Crippen molar-refractivity contribution >= 4 is 48.7 Å². The van der Waals surface area contributed by atoms with Crippen LogP contribution in [0.5, 0.6) is 5.75 Å². The number of thiophene rings is 1. The Labute approximate surface area is 178 Å². The number of aromatic hydroxyl groups is 1. The average molecular weight is 463 g/mol. The minimum absolute atomic E-state index is 0.110. The van der Waals surface area contributed by atoms with Gasteiger partial charge in [0.15, 0.2) is 15.6 Å². The fourth-order valence-corrected chi connectivity index (χ4v) is 5.49. The number of thiazole rings is 1. The Hall–Kier alpha value is -3.02. The van der Waals surface area contributed by atoms with Crippen LogP contribution in [0.3, 0.4) is 0 Å². The first-order valence-corrected chi connectivity index (χ1v) is 12.1. The first-order valence-electron chi connectivity index (χ1n) is 8.48. The van der Waals surface area contributed by atoms with E-state index in [1.807, 2.05) is 0 Å². The molecular formula is C19H14N2O6S3. The maximum Gasteiger partial charge on any atom is 0.341 e. The van der Waals surface area contributed by atoms with Crippen LogP contribution in [0.4, 0.5) is 0 Å². The van der Waals surface area contributed by atoms with Gasteiger partial charge in [-0.25, -0.2) is 18.2 Å². The maximum atomic E-state index is 12.6. The highest BCUT2D eigenvalue weighted by atomic mass is 32.2. The molecule has 4 aromatic rings. The number of rotatable bonds is 5. The molecule has 0 radical (unpaired) electrons. The molecule has 0 unspecified atom stereocenters. The number of carboxylic acids is 1. The molecule has 0 fully saturated rings. The lowest BCUT2D eigenvalue weighted by molar-refractivity contribution is 0.0695. The number of sulfone groups is 1. The van der Waals surface area contributed by atoms with Crippen LogP contribution >= 0.6 is 22.7 Å². The molecule has 1 aromatic carbocycles. The molecule has 2 N–H and O–H groups in total. The highest BCUT2D eigenvalue weighted by Crippen LogP contribution is 2.31. The summed E-state index contributed by atoms with van der Waals surface area (Å²) >= 11 is 2.45. The van der Waals surface area contributed by atoms with Crippen molar-refractivity contribution in [3.05, 3.63) is 62.7 Å². The Kier molecular flexibility index (Phi) is 4.96. The zero-order valence-corrected chi connectivity index (χ0v) is 17.8. The van der Waals surface area contributed by atoms with Crippen molar-refractivity contribution in [1.29, 1.82) is 0 Å². The molecule has 8 nitrogen and oxygen atoms in total. The SMILES string of the molecule is CS(=O)(=O)c1ccc(-c2ncc(Cn3c(=O)c(O)c(C(=O)O)c4sccc43)s2)cc1. The van der Waals surface area contributed by atoms with E-state index in [9.17, 15) is 28.2 Å². The molecule has 11 heteroatoms. The van der Waals surface area contributed by atoms with Crippen LogP contribution in [-0.4, -0.2) is 40.4 Å². The summed E-state index contributed by atoms with van der Waals surface area (Å²) in [6.07, 6.45) is 2.73. The molecule has 154 valence electrons. The number of hydrogen-bond acceptors (Lipinski definition) is 8. The van der Waals surface area contributed by atoms with Gasteiger partial charge in [-0.1, -0.05) is 12.1 Å². The van der Waals surface area contributed by atoms with Crippen molar-refractivity contribution in [3.63, 3.8) is 0 Å². The van der Waals surface area contributed by atoms with E-state index in [0.29, 0.717) is 20.1 Å². The molecule has 0 aliphatic carbocycles. The van der Waals surface area contributed by atoms with Crippen molar-refractivity contribution in [2.75, 3.05) is 6.26 Å². The normalized spacial score (nSPS) is 11.8. The van der Waals surface area contributed by atoms with Crippen LogP contribution in [0.15, 0.2) is 51.6 Å². The Morgan fingerprint density at radius 2 is 1.90 bits per heavy atom. The predicted molar refractivity (Wildman–Crippen MR) is 114 cm³/mol. The van der Waals surface area contributed by atoms with Crippen molar-refractivity contribution in [2.24, 2.45) is 0 Å². The maximum absolute atomic E-state index is 12.6. The van der Waals surface area contributed by atoms with Crippen LogP contribution in [0, 0.1) is 0 Å². The summed E-state index contributed by atoms with van der Waals surface area (Å²) < 4.78 is 24.8. The van der Waals surface area contributed by atoms with Crippen molar-refractivity contribution in [3.8, 4) is 16.3 Å². The molecule has 0 spiro atoms. The number of aromatic carboxylic acids is 1. The third kappa shape index (κ3) is 3.51. The summed E-state index contributed by atoms with van der Waals surface area (Å²) in [7, 11) is -3.29. The second-order valence-corrected chi connectivity index (χ2v) is 10.5. The lowest BCUT2D eigenvalue weighted by atomic mass is 10.2. The third-order valence-electron chi connectivity index (χ3n) is 4.46. The second-order valence-electron chi connectivity index (χ2n) is 6.48. The summed E-state index contributed by atoms with van der Waals surface area (Å²) in [4.78, 5) is 29.3. The van der Waals surface area contributed by atoms with Gasteiger partial charge in [-0.2, -0.15) is 0 Å². The molecule has 30 heavy (non-hydrogen) atoms. The van der Waals surface area contributed by atoms with E-state index < -0.39 is 32.7 Å². The van der Waals surface area contributed by atoms with Gasteiger partial charge in [0.05, 0.1) is 21.7 Å². The van der Waals surface area contributed by atoms with Crippen LogP contribution in [0.1, 0.15) is 15.2 Å². The van der Waals surface area contributed by atoms with Crippen molar-refractivity contribution in [2.45, 2.75) is 11.4 Å². The van der Waals surface area contributed by atoms with E-state index >= 15 is 0 Å². The van der Waals surface area contributed by atoms with Gasteiger partial charge < -0.3 is 10.2 Å². The van der Waals surface area contributed by atoms with E-state index in [-0.39, 0.29) is 11.4 Å². The summed E-state index contributed by atoms with van der Waals surface area (Å²) in [6, 6.07) is 7.98. The van der Waals surface area contributed by atoms with Gasteiger partial charge in [0.2, 0.25) is 0 Å². The molecule has 0 aliphatic heterocycles. The standard InChI is InChI=1S/C19H14N2O6S3/c1-30(26,27)12-4-2-10(3-5-12)17-20-8-11(29-17)9-21-13-6-7-28-16(13)14(19(24)25)15(22)18(21)23/h2-8,22H,9H2,1H3,(H,24,25). The first-order chi connectivity index (χ1) is 14.2. The van der Waals surface area contributed by atoms with Crippen LogP contribution in [0.25, 0.3) is 20.8 Å². The van der Waals surface area contributed by atoms with E-state index in [1.54, 1.807) is 29.8 Å². The van der Waals surface area contributed by atoms with Crippen LogP contribution in [0.2, 0.25) is 0 Å². The number of hydrogen-bond donors (Lipinski definition) is 2. The van der Waals surface area contributed by atoms with Crippen LogP contribution in [-0.2, 0) is 16.4 Å². The Morgan fingerprint density at radius 1 is 1.20 bits per heavy atom. The molecule has 0 saturated carbocycles. The van der Waals surface area contributed by atoms with Crippen molar-refractivity contribution in [1.82, 2.24) is 9.55 Å². The summed E-state index contributed by atoms with van der Waals surface area (Å²) in [5.41, 5.74) is -0.0219. The van der Waals surface area contributed by atoms with Gasteiger partial charge in [-0.3, -0.25) is 9.36 Å². The smallest absolute Gasteiger partial charge is 0.341 e. The molecule has 4 rings (SSSR count). The van der Waals surface area contributed by atoms with E-state index in [4.69, 9.17) is 0 Å². The van der Waals surface area contributed by atoms with Gasteiger partial charge in [-0.15, -0.1) is 22.7 Å². The minimum Gasteiger partial charge on any atom is -0.502 e. The Balaban J connectivity index is 1.71. The van der Waals surface area contributed by atoms with Gasteiger partial charge in [0.25, 0.3) is 5.56 Å². The molecular weight excluding hydrogens is 448 g/mol. The summed E-state index contributed by atoms with van der Waals surface area (Å²) in [5.74, 6) is -2.15. The second kappa shape index (κ2) is 7.35. The predicted octanol–water partition coefficient (Wildman–Crippen LogP) is 3.04. The molecule has 0 aliphatic rings. The number of carboxylic acid groups (broad SMARTS) is 1. The average Bonchev–Trinajstić information content (AvgIpc) is 3.34. The van der Waals surface area contributed by atoms with Gasteiger partial charge >= 0.3 is 5.97 Å². The largest absolute Gasteiger partial charge is 0.502 e. The number of carbonyl (C=O) groups is 1. The van der Waals surface area contributed by atoms with E-state index in [2.05, 4.69) is 4.98 Å². The van der Waals surface area contributed by atoms with Gasteiger partial charge in [0.1, 0.15) is 10.6 Å². The highest BCUT2D eigenvalue weighted by molar-refractivity contribution is 7.90. The van der Waals surface area contributed by atoms with E-state index in [0.717, 1.165) is 23.2 Å². The number of aromatic nitrogens is 2. The lowest BCUT2D eigenvalue weighted by Gasteiger charge is -2.09. The fraction of sp³-hybridized carbons (Fsp3) is 0.105. The highest BCUT2D eigenvalue weighted by Gasteiger charge is 2.22. The zero-order chi connectivity index (χ0) is 21.6. The lowest BCUT2D eigenvalue weighted by Crippen LogP contribution is -2.22. The molecule has 3 heterocycles. The first kappa shape index (κ1) is 20.3. The quantitative estimate of drug-likeness (QED) is 0.467. The zero-order valence-electron chi connectivity index (χ0n) is 15.4. The number of fused-ring (bicyclic) bond motifs is 1. The Morgan fingerprint density at radius 3 is 2.53 bits per heavy atom. The molecule has 0 saturated heterocycles. The molecule has 3 aromatic heterocycles. The molecule has 0 bridgehead atoms. The van der Waals surface area contributed by atoms with Gasteiger partial charge in [-0.05, 0) is 23.6 Å². The number of benzene rings is 1. The van der Waals surface area contributed by atoms with Gasteiger partial charge in [0, 0.05) is 22.9 Å². The fourth-order valence-electron chi connectivity index (χ4n) is 3.02. The minimum atomic E-state index is -3.29. The van der Waals surface area contributed by atoms with Crippen molar-refractivity contribution < 1.29 is 23.4 Å². The molecule has 0 amide bonds. The van der Waals surface area contributed by atoms with Crippen LogP contribution < -0.4 is 5.56 Å². The van der Waals surface area contributed by atoms with E-state index in [1.165, 1.54) is 28.0 Å². The summed E-state index contributed by atoms with van der Waals surface area (Å²) in [5, 5.41) is 21.8. The summed E-state index contributed by atoms with van der Waals surface area (Å²) in [6.45, 7) is 0.110. The number of nitrogens with zero attached hydrogens (tertiary/aromatic N) is 2. The number of pyridine rings is 1. The third-order valence-corrected chi connectivity index (χ3v) is 7.54. The monoisotopic (exact) mass is 462 g/mol. The Bertz CT molecular complexity index is 1450.